The summed E-state index contributed by atoms with van der Waals surface area (Å²) in [4.78, 5) is 20.5. The minimum Gasteiger partial charge on any atom is -0.349 e. The molecule has 2 saturated heterocycles. The lowest BCUT2D eigenvalue weighted by atomic mass is 9.64. The number of hydrogen-bond acceptors (Lipinski definition) is 5. The molecule has 6 nitrogen and oxygen atoms in total. The zero-order chi connectivity index (χ0) is 30.4. The first-order valence-corrected chi connectivity index (χ1v) is 18.9. The number of benzene rings is 1. The molecule has 3 aliphatic carbocycles. The number of amides is 1. The quantitative estimate of drug-likeness (QED) is 0.264. The molecule has 4 unspecified atom stereocenters. The Morgan fingerprint density at radius 2 is 1.57 bits per heavy atom. The van der Waals surface area contributed by atoms with Crippen LogP contribution in [0.2, 0.25) is 0 Å². The van der Waals surface area contributed by atoms with Crippen molar-refractivity contribution in [3.63, 3.8) is 0 Å². The summed E-state index contributed by atoms with van der Waals surface area (Å²) in [6, 6.07) is 7.72. The molecular weight excluding hydrogens is 544 g/mol. The van der Waals surface area contributed by atoms with E-state index >= 15 is 0 Å². The van der Waals surface area contributed by atoms with Crippen molar-refractivity contribution in [2.45, 2.75) is 173 Å². The zero-order valence-corrected chi connectivity index (χ0v) is 28.0. The highest BCUT2D eigenvalue weighted by molar-refractivity contribution is 5.80. The van der Waals surface area contributed by atoms with Crippen LogP contribution in [0.25, 0.3) is 0 Å². The summed E-state index contributed by atoms with van der Waals surface area (Å²) in [5.74, 6) is 0.950. The third kappa shape index (κ3) is 6.94. The Morgan fingerprint density at radius 3 is 2.23 bits per heavy atom. The van der Waals surface area contributed by atoms with Gasteiger partial charge in [-0.1, -0.05) is 109 Å². The van der Waals surface area contributed by atoms with Crippen molar-refractivity contribution in [2.75, 3.05) is 6.54 Å². The van der Waals surface area contributed by atoms with Gasteiger partial charge in [0.15, 0.2) is 0 Å². The normalized spacial score (nSPS) is 33.8. The summed E-state index contributed by atoms with van der Waals surface area (Å²) >= 11 is 0. The number of fused-ring (bicyclic) bond motifs is 1. The molecule has 44 heavy (non-hydrogen) atoms. The maximum Gasteiger partial charge on any atom is 0.224 e. The first kappa shape index (κ1) is 32.5. The van der Waals surface area contributed by atoms with Crippen molar-refractivity contribution in [3.8, 4) is 0 Å². The molecule has 4 fully saturated rings. The zero-order valence-electron chi connectivity index (χ0n) is 28.0. The van der Waals surface area contributed by atoms with Crippen molar-refractivity contribution >= 4 is 5.91 Å². The molecule has 5 atom stereocenters. The van der Waals surface area contributed by atoms with Crippen molar-refractivity contribution in [2.24, 2.45) is 17.3 Å². The lowest BCUT2D eigenvalue weighted by Gasteiger charge is -2.47. The Bertz CT molecular complexity index is 1070. The van der Waals surface area contributed by atoms with E-state index in [0.717, 1.165) is 38.6 Å². The summed E-state index contributed by atoms with van der Waals surface area (Å²) in [5.41, 5.74) is 7.41. The molecule has 2 heterocycles. The van der Waals surface area contributed by atoms with Crippen LogP contribution in [0, 0.1) is 17.3 Å². The molecule has 246 valence electrons. The van der Waals surface area contributed by atoms with Crippen LogP contribution >= 0.6 is 0 Å². The standard InChI is InChI=1S/C38H62N4O2/c1-3-31-26-33(37(27-39-31)23-15-11-7-8-12-16-24-37)36(43)40-34-22-19-28-25-30(20-21-32(28)34)38(41-35(4-2)44-42-38)29-17-13-9-5-6-10-14-18-29/h20-21,25,29,31,33-35,39,41-42H,3-19,22-24,26-27H2,1-2H3,(H,40,43)/t31?,33?,34-,35?,38?/m1/s1. The molecule has 5 aliphatic rings. The third-order valence-corrected chi connectivity index (χ3v) is 12.5. The van der Waals surface area contributed by atoms with Gasteiger partial charge in [-0.15, -0.1) is 0 Å². The van der Waals surface area contributed by atoms with Crippen LogP contribution in [0.15, 0.2) is 18.2 Å². The van der Waals surface area contributed by atoms with Gasteiger partial charge in [0, 0.05) is 18.5 Å². The lowest BCUT2D eigenvalue weighted by molar-refractivity contribution is -0.133. The fourth-order valence-electron chi connectivity index (χ4n) is 9.69. The number of carbonyl (C=O) groups excluding carboxylic acids is 1. The second-order valence-electron chi connectivity index (χ2n) is 15.2. The second kappa shape index (κ2) is 15.0. The maximum absolute atomic E-state index is 14.3. The van der Waals surface area contributed by atoms with Crippen LogP contribution in [0.1, 0.15) is 165 Å². The molecule has 0 bridgehead atoms. The average Bonchev–Trinajstić information content (AvgIpc) is 3.71. The minimum absolute atomic E-state index is 0.0322. The van der Waals surface area contributed by atoms with E-state index in [1.54, 1.807) is 0 Å². The van der Waals surface area contributed by atoms with Crippen LogP contribution < -0.4 is 21.4 Å². The molecule has 4 N–H and O–H groups in total. The average molecular weight is 607 g/mol. The van der Waals surface area contributed by atoms with E-state index < -0.39 is 0 Å². The molecule has 1 spiro atoms. The van der Waals surface area contributed by atoms with Crippen LogP contribution in [0.5, 0.6) is 0 Å². The Labute approximate surface area is 268 Å². The van der Waals surface area contributed by atoms with Gasteiger partial charge < -0.3 is 10.6 Å². The number of carbonyl (C=O) groups is 1. The van der Waals surface area contributed by atoms with Gasteiger partial charge in [0.25, 0.3) is 0 Å². The fraction of sp³-hybridized carbons (Fsp3) is 0.816. The van der Waals surface area contributed by atoms with Gasteiger partial charge in [0.05, 0.1) is 6.04 Å². The first-order valence-electron chi connectivity index (χ1n) is 18.9. The van der Waals surface area contributed by atoms with Crippen LogP contribution in [-0.2, 0) is 21.7 Å². The van der Waals surface area contributed by atoms with Crippen molar-refractivity contribution < 1.29 is 9.63 Å². The van der Waals surface area contributed by atoms with Gasteiger partial charge in [-0.05, 0) is 85.8 Å². The smallest absolute Gasteiger partial charge is 0.224 e. The molecule has 0 aromatic heterocycles. The Balaban J connectivity index is 1.21. The minimum atomic E-state index is -0.338. The van der Waals surface area contributed by atoms with Crippen molar-refractivity contribution in [3.05, 3.63) is 34.9 Å². The Morgan fingerprint density at radius 1 is 0.886 bits per heavy atom. The van der Waals surface area contributed by atoms with Gasteiger partial charge in [-0.25, -0.2) is 0 Å². The fourth-order valence-corrected chi connectivity index (χ4v) is 9.69. The number of aryl methyl sites for hydroxylation is 1. The highest BCUT2D eigenvalue weighted by Crippen LogP contribution is 2.46. The molecule has 0 radical (unpaired) electrons. The highest BCUT2D eigenvalue weighted by Gasteiger charge is 2.48. The number of nitrogens with one attached hydrogen (secondary N) is 4. The number of rotatable bonds is 6. The molecule has 2 aliphatic heterocycles. The summed E-state index contributed by atoms with van der Waals surface area (Å²) in [6.45, 7) is 5.48. The summed E-state index contributed by atoms with van der Waals surface area (Å²) in [7, 11) is 0. The van der Waals surface area contributed by atoms with Crippen LogP contribution in [0.4, 0.5) is 0 Å². The van der Waals surface area contributed by atoms with Gasteiger partial charge in [0.2, 0.25) is 5.91 Å². The van der Waals surface area contributed by atoms with E-state index in [9.17, 15) is 4.79 Å². The van der Waals surface area contributed by atoms with Gasteiger partial charge in [-0.3, -0.25) is 14.9 Å². The molecule has 2 saturated carbocycles. The van der Waals surface area contributed by atoms with Gasteiger partial charge in [0.1, 0.15) is 11.9 Å². The van der Waals surface area contributed by atoms with Crippen molar-refractivity contribution in [1.82, 2.24) is 21.4 Å². The predicted octanol–water partition coefficient (Wildman–Crippen LogP) is 8.06. The van der Waals surface area contributed by atoms with E-state index in [0.29, 0.717) is 17.9 Å². The Hall–Kier alpha value is -1.47. The molecular formula is C38H62N4O2. The largest absolute Gasteiger partial charge is 0.349 e. The highest BCUT2D eigenvalue weighted by atomic mass is 16.7. The third-order valence-electron chi connectivity index (χ3n) is 12.5. The van der Waals surface area contributed by atoms with Gasteiger partial charge >= 0.3 is 0 Å². The summed E-state index contributed by atoms with van der Waals surface area (Å²) < 4.78 is 0. The van der Waals surface area contributed by atoms with E-state index in [1.807, 2.05) is 0 Å². The maximum atomic E-state index is 14.3. The molecule has 1 amide bonds. The number of hydroxylamine groups is 1. The monoisotopic (exact) mass is 606 g/mol. The predicted molar refractivity (Wildman–Crippen MR) is 179 cm³/mol. The van der Waals surface area contributed by atoms with Crippen LogP contribution in [0.3, 0.4) is 0 Å². The second-order valence-corrected chi connectivity index (χ2v) is 15.2. The topological polar surface area (TPSA) is 74.4 Å². The summed E-state index contributed by atoms with van der Waals surface area (Å²) in [6.07, 6.45) is 25.9. The van der Waals surface area contributed by atoms with E-state index in [-0.39, 0.29) is 29.3 Å². The first-order chi connectivity index (χ1) is 21.6. The lowest BCUT2D eigenvalue weighted by Crippen LogP contribution is -2.56. The van der Waals surface area contributed by atoms with Crippen molar-refractivity contribution in [1.29, 1.82) is 0 Å². The summed E-state index contributed by atoms with van der Waals surface area (Å²) in [5, 5.41) is 11.5. The molecule has 1 aromatic carbocycles. The number of piperidine rings is 1. The van der Waals surface area contributed by atoms with Crippen LogP contribution in [-0.4, -0.2) is 24.7 Å². The molecule has 6 heteroatoms. The van der Waals surface area contributed by atoms with E-state index in [1.165, 1.54) is 119 Å². The molecule has 6 rings (SSSR count). The molecule has 1 aromatic rings. The van der Waals surface area contributed by atoms with Gasteiger partial charge in [-0.2, -0.15) is 5.48 Å². The van der Waals surface area contributed by atoms with E-state index in [4.69, 9.17) is 4.84 Å². The SMILES string of the molecule is CCC1CC(C(=O)N[C@@H]2CCc3cc(C4(C5CCCCCCCC5)NOC(CC)N4)ccc32)C2(CCCCCCCC2)CN1. The number of hydrogen-bond donors (Lipinski definition) is 4. The van der Waals surface area contributed by atoms with E-state index in [2.05, 4.69) is 53.5 Å². The Kier molecular flexibility index (Phi) is 11.0.